The molecular weight excluding hydrogens is 220 g/mol. The van der Waals surface area contributed by atoms with E-state index in [9.17, 15) is 4.57 Å². The number of alkyl halides is 1. The quantitative estimate of drug-likeness (QED) is 0.412. The van der Waals surface area contributed by atoms with Gasteiger partial charge in [-0.15, -0.1) is 0 Å². The summed E-state index contributed by atoms with van der Waals surface area (Å²) < 4.78 is 13.7. The average Bonchev–Trinajstić information content (AvgIpc) is 1.21. The van der Waals surface area contributed by atoms with Gasteiger partial charge in [0.25, 0.3) is 0 Å². The normalized spacial score (nSPS) is 14.2. The Kier molecular flexibility index (Phi) is 6.73. The van der Waals surface area contributed by atoms with Crippen LogP contribution in [0.3, 0.4) is 0 Å². The molecule has 0 heterocycles. The second kappa shape index (κ2) is 4.78. The molecule has 0 rings (SSSR count). The Hall–Kier alpha value is 1.02. The van der Waals surface area contributed by atoms with Gasteiger partial charge in [-0.3, -0.25) is 4.52 Å². The van der Waals surface area contributed by atoms with E-state index < -0.39 is 13.4 Å². The topological polar surface area (TPSA) is 66.8 Å². The van der Waals surface area contributed by atoms with E-state index in [0.717, 1.165) is 0 Å². The molecule has 0 saturated heterocycles. The average molecular weight is 226 g/mol. The summed E-state index contributed by atoms with van der Waals surface area (Å²) in [5.74, 6) is 0. The summed E-state index contributed by atoms with van der Waals surface area (Å²) in [6.07, 6.45) is 0. The largest absolute Gasteiger partial charge is 0.471 e. The van der Waals surface area contributed by atoms with E-state index in [2.05, 4.69) is 4.52 Å². The van der Waals surface area contributed by atoms with E-state index in [1.54, 1.807) is 0 Å². The minimum absolute atomic E-state index is 0. The van der Waals surface area contributed by atoms with Gasteiger partial charge >= 0.3 is 7.82 Å². The second-order valence-electron chi connectivity index (χ2n) is 1.14. The predicted molar refractivity (Wildman–Crippen MR) is 28.4 cm³/mol. The Labute approximate surface area is 70.5 Å². The Bertz CT molecular complexity index is 111. The van der Waals surface area contributed by atoms with E-state index in [4.69, 9.17) is 21.4 Å². The molecular formula is C2H6ClO4PZn. The minimum atomic E-state index is -4.35. The molecule has 0 aliphatic carbocycles. The zero-order valence-corrected chi connectivity index (χ0v) is 9.44. The van der Waals surface area contributed by atoms with Crippen molar-refractivity contribution >= 4 is 19.4 Å². The van der Waals surface area contributed by atoms with Crippen molar-refractivity contribution in [3.05, 3.63) is 0 Å². The van der Waals surface area contributed by atoms with Crippen LogP contribution in [0.25, 0.3) is 0 Å². The third-order valence-electron chi connectivity index (χ3n) is 0.283. The zero-order valence-electron chi connectivity index (χ0n) is 4.82. The summed E-state index contributed by atoms with van der Waals surface area (Å²) >= 11 is 5.05. The predicted octanol–water partition coefficient (Wildman–Crippen LogP) is 0.678. The van der Waals surface area contributed by atoms with Crippen LogP contribution in [0.1, 0.15) is 6.92 Å². The molecule has 52 valence electrons. The standard InChI is InChI=1S/C2H6ClO4P.Zn/c1-2(3)7-8(4,5)6;/h2H,1H3,(H2,4,5,6);. The Morgan fingerprint density at radius 2 is 2.00 bits per heavy atom. The molecule has 4 nitrogen and oxygen atoms in total. The van der Waals surface area contributed by atoms with Crippen molar-refractivity contribution in [2.45, 2.75) is 12.5 Å². The van der Waals surface area contributed by atoms with Crippen molar-refractivity contribution in [2.24, 2.45) is 0 Å². The summed E-state index contributed by atoms with van der Waals surface area (Å²) in [6, 6.07) is 0. The number of halogens is 1. The van der Waals surface area contributed by atoms with Gasteiger partial charge in [0.1, 0.15) is 5.56 Å². The van der Waals surface area contributed by atoms with Gasteiger partial charge in [0.15, 0.2) is 0 Å². The van der Waals surface area contributed by atoms with Gasteiger partial charge in [0.2, 0.25) is 0 Å². The van der Waals surface area contributed by atoms with Crippen LogP contribution in [0.5, 0.6) is 0 Å². The van der Waals surface area contributed by atoms with E-state index in [1.807, 2.05) is 0 Å². The molecule has 2 N–H and O–H groups in total. The molecule has 0 saturated carbocycles. The molecule has 1 atom stereocenters. The van der Waals surface area contributed by atoms with Crippen molar-refractivity contribution in [1.82, 2.24) is 0 Å². The van der Waals surface area contributed by atoms with Gasteiger partial charge in [-0.05, 0) is 6.92 Å². The molecule has 0 fully saturated rings. The third-order valence-corrected chi connectivity index (χ3v) is 1.09. The zero-order chi connectivity index (χ0) is 6.78. The Balaban J connectivity index is 0. The second-order valence-corrected chi connectivity index (χ2v) is 2.95. The van der Waals surface area contributed by atoms with Crippen molar-refractivity contribution in [3.63, 3.8) is 0 Å². The van der Waals surface area contributed by atoms with Crippen LogP contribution in [0.4, 0.5) is 0 Å². The molecule has 7 heteroatoms. The van der Waals surface area contributed by atoms with E-state index in [0.29, 0.717) is 0 Å². The fourth-order valence-electron chi connectivity index (χ4n) is 0.189. The first-order valence-corrected chi connectivity index (χ1v) is 3.76. The van der Waals surface area contributed by atoms with E-state index in [1.165, 1.54) is 6.92 Å². The Morgan fingerprint density at radius 1 is 1.67 bits per heavy atom. The van der Waals surface area contributed by atoms with Crippen molar-refractivity contribution < 1.29 is 38.4 Å². The van der Waals surface area contributed by atoms with E-state index >= 15 is 0 Å². The van der Waals surface area contributed by atoms with Crippen LogP contribution in [0.15, 0.2) is 0 Å². The number of phosphoric ester groups is 1. The number of hydrogen-bond acceptors (Lipinski definition) is 2. The van der Waals surface area contributed by atoms with E-state index in [-0.39, 0.29) is 19.5 Å². The molecule has 0 aliphatic heterocycles. The first kappa shape index (κ1) is 12.7. The molecule has 0 radical (unpaired) electrons. The van der Waals surface area contributed by atoms with Crippen LogP contribution in [-0.2, 0) is 28.6 Å². The van der Waals surface area contributed by atoms with Gasteiger partial charge in [-0.25, -0.2) is 4.57 Å². The van der Waals surface area contributed by atoms with Crippen molar-refractivity contribution in [2.75, 3.05) is 0 Å². The van der Waals surface area contributed by atoms with Gasteiger partial charge in [0, 0.05) is 19.5 Å². The number of phosphoric acid groups is 1. The maximum atomic E-state index is 9.83. The van der Waals surface area contributed by atoms with Crippen molar-refractivity contribution in [3.8, 4) is 0 Å². The monoisotopic (exact) mass is 224 g/mol. The maximum Gasteiger partial charge on any atom is 0.471 e. The Morgan fingerprint density at radius 3 is 2.00 bits per heavy atom. The van der Waals surface area contributed by atoms with Crippen LogP contribution in [0.2, 0.25) is 0 Å². The third kappa shape index (κ3) is 12.3. The first-order chi connectivity index (χ1) is 3.42. The SMILES string of the molecule is CC(Cl)OP(=O)(O)O.[Zn]. The number of hydrogen-bond donors (Lipinski definition) is 2. The fraction of sp³-hybridized carbons (Fsp3) is 1.00. The van der Waals surface area contributed by atoms with Gasteiger partial charge in [-0.2, -0.15) is 0 Å². The first-order valence-electron chi connectivity index (χ1n) is 1.80. The van der Waals surface area contributed by atoms with Crippen LogP contribution in [-0.4, -0.2) is 15.3 Å². The molecule has 0 bridgehead atoms. The van der Waals surface area contributed by atoms with Crippen molar-refractivity contribution in [1.29, 1.82) is 0 Å². The van der Waals surface area contributed by atoms with Gasteiger partial charge in [-0.1, -0.05) is 11.6 Å². The molecule has 0 spiro atoms. The molecule has 9 heavy (non-hydrogen) atoms. The summed E-state index contributed by atoms with van der Waals surface area (Å²) in [6.45, 7) is 1.32. The van der Waals surface area contributed by atoms with Gasteiger partial charge < -0.3 is 9.79 Å². The molecule has 0 aromatic rings. The van der Waals surface area contributed by atoms with Gasteiger partial charge in [0.05, 0.1) is 0 Å². The summed E-state index contributed by atoms with van der Waals surface area (Å²) in [5, 5.41) is 0. The molecule has 0 aliphatic rings. The summed E-state index contributed by atoms with van der Waals surface area (Å²) in [7, 11) is -4.35. The molecule has 1 unspecified atom stereocenters. The maximum absolute atomic E-state index is 9.83. The van der Waals surface area contributed by atoms with Crippen LogP contribution >= 0.6 is 19.4 Å². The molecule has 0 aromatic carbocycles. The molecule has 0 aromatic heterocycles. The van der Waals surface area contributed by atoms with Crippen LogP contribution < -0.4 is 0 Å². The molecule has 0 amide bonds. The summed E-state index contributed by atoms with van der Waals surface area (Å²) in [5.41, 5.74) is -0.948. The summed E-state index contributed by atoms with van der Waals surface area (Å²) in [4.78, 5) is 16.0. The smallest absolute Gasteiger partial charge is 0.303 e. The fourth-order valence-corrected chi connectivity index (χ4v) is 0.879. The van der Waals surface area contributed by atoms with Crippen LogP contribution in [0, 0.1) is 0 Å². The number of rotatable bonds is 2. The minimum Gasteiger partial charge on any atom is -0.303 e.